The molecule has 0 N–H and O–H groups in total. The van der Waals surface area contributed by atoms with Crippen LogP contribution in [-0.4, -0.2) is 44.8 Å². The number of likely N-dealkylation sites (tertiary alicyclic amines) is 1. The van der Waals surface area contributed by atoms with Crippen molar-refractivity contribution in [1.29, 1.82) is 0 Å². The van der Waals surface area contributed by atoms with E-state index >= 15 is 0 Å². The summed E-state index contributed by atoms with van der Waals surface area (Å²) in [5.41, 5.74) is 0.284. The topological polar surface area (TPSA) is 94.2 Å². The fourth-order valence-corrected chi connectivity index (χ4v) is 2.52. The molecule has 1 aliphatic heterocycles. The predicted molar refractivity (Wildman–Crippen MR) is 75.3 cm³/mol. The van der Waals surface area contributed by atoms with Crippen molar-refractivity contribution >= 4 is 5.91 Å². The van der Waals surface area contributed by atoms with Crippen molar-refractivity contribution in [2.24, 2.45) is 0 Å². The lowest BCUT2D eigenvalue weighted by Crippen LogP contribution is -2.31. The Morgan fingerprint density at radius 1 is 1.45 bits per heavy atom. The number of hydrogen-bond donors (Lipinski definition) is 0. The summed E-state index contributed by atoms with van der Waals surface area (Å²) < 4.78 is 10.1. The van der Waals surface area contributed by atoms with E-state index in [1.165, 1.54) is 7.11 Å². The van der Waals surface area contributed by atoms with Crippen molar-refractivity contribution in [3.8, 4) is 5.88 Å². The highest BCUT2D eigenvalue weighted by atomic mass is 16.5. The van der Waals surface area contributed by atoms with E-state index in [9.17, 15) is 4.79 Å². The van der Waals surface area contributed by atoms with E-state index in [4.69, 9.17) is 9.26 Å². The Balaban J connectivity index is 1.80. The second-order valence-corrected chi connectivity index (χ2v) is 5.02. The van der Waals surface area contributed by atoms with E-state index in [0.29, 0.717) is 30.6 Å². The molecular formula is C14H17N5O3. The van der Waals surface area contributed by atoms with Gasteiger partial charge in [-0.2, -0.15) is 4.98 Å². The molecule has 0 saturated carbocycles. The van der Waals surface area contributed by atoms with Gasteiger partial charge in [0, 0.05) is 19.0 Å². The lowest BCUT2D eigenvalue weighted by molar-refractivity contribution is 0.0721. The molecule has 0 aliphatic carbocycles. The Morgan fingerprint density at radius 3 is 2.95 bits per heavy atom. The van der Waals surface area contributed by atoms with E-state index < -0.39 is 0 Å². The van der Waals surface area contributed by atoms with Gasteiger partial charge in [-0.15, -0.1) is 10.2 Å². The lowest BCUT2D eigenvalue weighted by Gasteiger charge is -2.21. The third-order valence-electron chi connectivity index (χ3n) is 3.67. The number of aryl methyl sites for hydroxylation is 1. The van der Waals surface area contributed by atoms with Crippen LogP contribution in [0.15, 0.2) is 16.7 Å². The maximum Gasteiger partial charge on any atom is 0.274 e. The smallest absolute Gasteiger partial charge is 0.274 e. The molecule has 8 heteroatoms. The summed E-state index contributed by atoms with van der Waals surface area (Å²) in [7, 11) is 1.50. The van der Waals surface area contributed by atoms with Gasteiger partial charge in [-0.1, -0.05) is 12.1 Å². The van der Waals surface area contributed by atoms with E-state index in [2.05, 4.69) is 20.3 Å². The third kappa shape index (κ3) is 2.63. The summed E-state index contributed by atoms with van der Waals surface area (Å²) in [6, 6.07) is 3.06. The fraction of sp³-hybridized carbons (Fsp3) is 0.500. The fourth-order valence-electron chi connectivity index (χ4n) is 2.52. The van der Waals surface area contributed by atoms with Gasteiger partial charge in [0.15, 0.2) is 11.5 Å². The first-order valence-electron chi connectivity index (χ1n) is 7.24. The number of carbonyl (C=O) groups is 1. The van der Waals surface area contributed by atoms with Crippen LogP contribution in [0.4, 0.5) is 0 Å². The van der Waals surface area contributed by atoms with Gasteiger partial charge in [0.1, 0.15) is 0 Å². The van der Waals surface area contributed by atoms with E-state index in [-0.39, 0.29) is 17.6 Å². The number of nitrogens with zero attached hydrogens (tertiary/aromatic N) is 5. The summed E-state index contributed by atoms with van der Waals surface area (Å²) in [4.78, 5) is 18.7. The largest absolute Gasteiger partial charge is 0.480 e. The Morgan fingerprint density at radius 2 is 2.32 bits per heavy atom. The predicted octanol–water partition coefficient (Wildman–Crippen LogP) is 1.41. The van der Waals surface area contributed by atoms with Gasteiger partial charge in [0.25, 0.3) is 5.91 Å². The Kier molecular flexibility index (Phi) is 3.99. The zero-order valence-corrected chi connectivity index (χ0v) is 12.5. The summed E-state index contributed by atoms with van der Waals surface area (Å²) in [5.74, 6) is 1.34. The highest BCUT2D eigenvalue weighted by Crippen LogP contribution is 2.31. The first-order chi connectivity index (χ1) is 10.7. The van der Waals surface area contributed by atoms with Crippen LogP contribution in [0.25, 0.3) is 0 Å². The first kappa shape index (κ1) is 14.4. The molecule has 0 radical (unpaired) electrons. The minimum absolute atomic E-state index is 0.166. The van der Waals surface area contributed by atoms with Crippen molar-refractivity contribution in [1.82, 2.24) is 25.2 Å². The molecule has 1 saturated heterocycles. The van der Waals surface area contributed by atoms with Gasteiger partial charge >= 0.3 is 0 Å². The number of carbonyl (C=O) groups excluding carboxylic acids is 1. The Bertz CT molecular complexity index is 655. The van der Waals surface area contributed by atoms with Crippen LogP contribution in [0.1, 0.15) is 48.0 Å². The second kappa shape index (κ2) is 6.08. The van der Waals surface area contributed by atoms with Crippen LogP contribution in [0.2, 0.25) is 0 Å². The van der Waals surface area contributed by atoms with Crippen LogP contribution in [0.3, 0.4) is 0 Å². The van der Waals surface area contributed by atoms with Gasteiger partial charge in [-0.25, -0.2) is 0 Å². The van der Waals surface area contributed by atoms with Crippen molar-refractivity contribution in [3.63, 3.8) is 0 Å². The molecule has 1 amide bonds. The van der Waals surface area contributed by atoms with Crippen LogP contribution in [0, 0.1) is 0 Å². The summed E-state index contributed by atoms with van der Waals surface area (Å²) in [5, 5.41) is 11.7. The number of ether oxygens (including phenoxy) is 1. The molecule has 0 aromatic carbocycles. The number of amides is 1. The molecule has 3 heterocycles. The SMILES string of the molecule is CCc1nc([C@H]2CCCN2C(=O)c2ccc(OC)nn2)no1. The Labute approximate surface area is 127 Å². The molecule has 0 unspecified atom stereocenters. The molecule has 3 rings (SSSR count). The average molecular weight is 303 g/mol. The minimum Gasteiger partial charge on any atom is -0.480 e. The van der Waals surface area contributed by atoms with E-state index in [1.54, 1.807) is 17.0 Å². The third-order valence-corrected chi connectivity index (χ3v) is 3.67. The highest BCUT2D eigenvalue weighted by Gasteiger charge is 2.34. The summed E-state index contributed by atoms with van der Waals surface area (Å²) in [6.07, 6.45) is 2.39. The number of methoxy groups -OCH3 is 1. The van der Waals surface area contributed by atoms with Gasteiger partial charge in [0.2, 0.25) is 11.8 Å². The average Bonchev–Trinajstić information content (AvgIpc) is 3.22. The number of hydrogen-bond acceptors (Lipinski definition) is 7. The molecule has 2 aromatic rings. The summed E-state index contributed by atoms with van der Waals surface area (Å²) in [6.45, 7) is 2.59. The molecule has 1 aliphatic rings. The van der Waals surface area contributed by atoms with Crippen molar-refractivity contribution in [2.45, 2.75) is 32.2 Å². The standard InChI is InChI=1S/C14H17N5O3/c1-3-11-15-13(18-22-11)10-5-4-8-19(10)14(20)9-6-7-12(21-2)17-16-9/h6-7,10H,3-5,8H2,1-2H3/t10-/m1/s1. The molecule has 2 aromatic heterocycles. The molecule has 0 spiro atoms. The monoisotopic (exact) mass is 303 g/mol. The minimum atomic E-state index is -0.180. The van der Waals surface area contributed by atoms with Crippen LogP contribution >= 0.6 is 0 Å². The molecule has 1 atom stereocenters. The summed E-state index contributed by atoms with van der Waals surface area (Å²) >= 11 is 0. The van der Waals surface area contributed by atoms with E-state index in [0.717, 1.165) is 12.8 Å². The molecule has 116 valence electrons. The highest BCUT2D eigenvalue weighted by molar-refractivity contribution is 5.92. The van der Waals surface area contributed by atoms with Crippen molar-refractivity contribution < 1.29 is 14.1 Å². The van der Waals surface area contributed by atoms with Crippen molar-refractivity contribution in [3.05, 3.63) is 29.5 Å². The molecule has 1 fully saturated rings. The quantitative estimate of drug-likeness (QED) is 0.842. The number of rotatable bonds is 4. The van der Waals surface area contributed by atoms with Gasteiger partial charge < -0.3 is 14.2 Å². The zero-order valence-electron chi connectivity index (χ0n) is 12.5. The lowest BCUT2D eigenvalue weighted by atomic mass is 10.2. The van der Waals surface area contributed by atoms with Crippen LogP contribution < -0.4 is 4.74 Å². The normalized spacial score (nSPS) is 17.7. The van der Waals surface area contributed by atoms with Gasteiger partial charge in [0.05, 0.1) is 13.2 Å². The maximum atomic E-state index is 12.6. The zero-order chi connectivity index (χ0) is 15.5. The molecule has 0 bridgehead atoms. The van der Waals surface area contributed by atoms with Gasteiger partial charge in [-0.3, -0.25) is 4.79 Å². The van der Waals surface area contributed by atoms with E-state index in [1.807, 2.05) is 6.92 Å². The maximum absolute atomic E-state index is 12.6. The molecule has 22 heavy (non-hydrogen) atoms. The molecule has 8 nitrogen and oxygen atoms in total. The van der Waals surface area contributed by atoms with Crippen LogP contribution in [0.5, 0.6) is 5.88 Å². The van der Waals surface area contributed by atoms with Crippen LogP contribution in [-0.2, 0) is 6.42 Å². The first-order valence-corrected chi connectivity index (χ1v) is 7.24. The second-order valence-electron chi connectivity index (χ2n) is 5.02. The number of aromatic nitrogens is 4. The van der Waals surface area contributed by atoms with Gasteiger partial charge in [-0.05, 0) is 18.9 Å². The van der Waals surface area contributed by atoms with Crippen molar-refractivity contribution in [2.75, 3.05) is 13.7 Å². The molecular weight excluding hydrogens is 286 g/mol. The Hall–Kier alpha value is -2.51.